The Bertz CT molecular complexity index is 484. The number of imide groups is 1. The van der Waals surface area contributed by atoms with E-state index in [1.165, 1.54) is 17.1 Å². The maximum Gasteiger partial charge on any atom is 0.253 e. The standard InChI is InChI=1S/C17H25IN2O3/c1-17(2,18)9-10-19-16(23)13-5-3-12(4-6-13)11-20-14(21)7-8-15(20)22/h7-8,12-13H,3-6,9-11H2,1-2H3,(H,19,23). The van der Waals surface area contributed by atoms with Crippen LogP contribution in [-0.4, -0.2) is 39.1 Å². The Balaban J connectivity index is 1.70. The number of nitrogens with zero attached hydrogens (tertiary/aromatic N) is 1. The Morgan fingerprint density at radius 1 is 1.22 bits per heavy atom. The van der Waals surface area contributed by atoms with Crippen LogP contribution in [0.1, 0.15) is 46.0 Å². The Morgan fingerprint density at radius 3 is 2.30 bits per heavy atom. The van der Waals surface area contributed by atoms with E-state index >= 15 is 0 Å². The van der Waals surface area contributed by atoms with Crippen LogP contribution in [0.5, 0.6) is 0 Å². The molecule has 0 bridgehead atoms. The predicted octanol–water partition coefficient (Wildman–Crippen LogP) is 2.44. The Morgan fingerprint density at radius 2 is 1.78 bits per heavy atom. The van der Waals surface area contributed by atoms with Crippen LogP contribution in [0.3, 0.4) is 0 Å². The zero-order valence-electron chi connectivity index (χ0n) is 13.8. The maximum absolute atomic E-state index is 12.2. The summed E-state index contributed by atoms with van der Waals surface area (Å²) in [7, 11) is 0. The van der Waals surface area contributed by atoms with E-state index in [1.807, 2.05) is 0 Å². The zero-order chi connectivity index (χ0) is 17.0. The van der Waals surface area contributed by atoms with Gasteiger partial charge >= 0.3 is 0 Å². The fourth-order valence-corrected chi connectivity index (χ4v) is 3.37. The van der Waals surface area contributed by atoms with Crippen LogP contribution >= 0.6 is 22.6 Å². The molecular weight excluding hydrogens is 407 g/mol. The van der Waals surface area contributed by atoms with Gasteiger partial charge in [0.25, 0.3) is 11.8 Å². The maximum atomic E-state index is 12.2. The highest BCUT2D eigenvalue weighted by Crippen LogP contribution is 2.30. The summed E-state index contributed by atoms with van der Waals surface area (Å²) in [4.78, 5) is 36.7. The smallest absolute Gasteiger partial charge is 0.253 e. The zero-order valence-corrected chi connectivity index (χ0v) is 16.0. The topological polar surface area (TPSA) is 66.5 Å². The Hall–Kier alpha value is -0.920. The first kappa shape index (κ1) is 18.4. The first-order valence-corrected chi connectivity index (χ1v) is 9.34. The molecule has 6 heteroatoms. The summed E-state index contributed by atoms with van der Waals surface area (Å²) in [6.45, 7) is 5.51. The molecule has 1 N–H and O–H groups in total. The Labute approximate surface area is 151 Å². The molecule has 1 aliphatic heterocycles. The molecule has 0 unspecified atom stereocenters. The van der Waals surface area contributed by atoms with Crippen molar-refractivity contribution in [3.8, 4) is 0 Å². The van der Waals surface area contributed by atoms with E-state index in [0.717, 1.165) is 38.6 Å². The molecule has 1 fully saturated rings. The molecule has 2 aliphatic rings. The summed E-state index contributed by atoms with van der Waals surface area (Å²) < 4.78 is 0.200. The average Bonchev–Trinajstić information content (AvgIpc) is 2.78. The number of amides is 3. The number of rotatable bonds is 6. The first-order valence-electron chi connectivity index (χ1n) is 8.26. The SMILES string of the molecule is CC(C)(I)CCNC(=O)C1CCC(CN2C(=O)C=CC2=O)CC1. The third kappa shape index (κ3) is 5.58. The van der Waals surface area contributed by atoms with Crippen LogP contribution < -0.4 is 5.32 Å². The fraction of sp³-hybridized carbons (Fsp3) is 0.706. The van der Waals surface area contributed by atoms with Crippen molar-refractivity contribution in [3.63, 3.8) is 0 Å². The van der Waals surface area contributed by atoms with E-state index in [1.54, 1.807) is 0 Å². The van der Waals surface area contributed by atoms with Crippen molar-refractivity contribution >= 4 is 40.3 Å². The van der Waals surface area contributed by atoms with Gasteiger partial charge in [-0.15, -0.1) is 0 Å². The molecule has 0 atom stereocenters. The molecule has 128 valence electrons. The lowest BCUT2D eigenvalue weighted by Gasteiger charge is -2.30. The van der Waals surface area contributed by atoms with Crippen LogP contribution in [0.15, 0.2) is 12.2 Å². The van der Waals surface area contributed by atoms with Gasteiger partial charge in [0.2, 0.25) is 5.91 Å². The minimum Gasteiger partial charge on any atom is -0.356 e. The lowest BCUT2D eigenvalue weighted by Crippen LogP contribution is -2.39. The third-order valence-electron chi connectivity index (χ3n) is 4.58. The molecule has 0 aromatic carbocycles. The number of halogens is 1. The third-order valence-corrected chi connectivity index (χ3v) is 5.12. The van der Waals surface area contributed by atoms with E-state index in [9.17, 15) is 14.4 Å². The van der Waals surface area contributed by atoms with Gasteiger partial charge in [-0.2, -0.15) is 0 Å². The van der Waals surface area contributed by atoms with Gasteiger partial charge in [-0.25, -0.2) is 0 Å². The van der Waals surface area contributed by atoms with E-state index in [-0.39, 0.29) is 27.1 Å². The normalized spacial score (nSPS) is 25.1. The molecule has 3 amide bonds. The van der Waals surface area contributed by atoms with Crippen molar-refractivity contribution in [3.05, 3.63) is 12.2 Å². The van der Waals surface area contributed by atoms with Crippen LogP contribution in [-0.2, 0) is 14.4 Å². The molecule has 0 aromatic heterocycles. The molecule has 0 radical (unpaired) electrons. The van der Waals surface area contributed by atoms with Crippen LogP contribution in [0.4, 0.5) is 0 Å². The van der Waals surface area contributed by atoms with Gasteiger partial charge in [-0.1, -0.05) is 36.4 Å². The molecule has 2 rings (SSSR count). The Kier molecular flexibility index (Phi) is 6.22. The summed E-state index contributed by atoms with van der Waals surface area (Å²) in [5, 5.41) is 3.04. The second-order valence-corrected chi connectivity index (χ2v) is 10.0. The van der Waals surface area contributed by atoms with E-state index in [4.69, 9.17) is 0 Å². The minimum absolute atomic E-state index is 0.0756. The van der Waals surface area contributed by atoms with Crippen LogP contribution in [0, 0.1) is 11.8 Å². The highest BCUT2D eigenvalue weighted by atomic mass is 127. The molecule has 0 saturated heterocycles. The molecule has 0 aromatic rings. The second-order valence-electron chi connectivity index (χ2n) is 7.10. The van der Waals surface area contributed by atoms with E-state index in [0.29, 0.717) is 12.5 Å². The van der Waals surface area contributed by atoms with Gasteiger partial charge in [-0.05, 0) is 38.0 Å². The first-order chi connectivity index (χ1) is 10.8. The van der Waals surface area contributed by atoms with Gasteiger partial charge < -0.3 is 5.32 Å². The largest absolute Gasteiger partial charge is 0.356 e. The lowest BCUT2D eigenvalue weighted by atomic mass is 9.81. The number of carbonyl (C=O) groups is 3. The molecule has 0 spiro atoms. The van der Waals surface area contributed by atoms with Crippen LogP contribution in [0.2, 0.25) is 0 Å². The summed E-state index contributed by atoms with van der Waals surface area (Å²) in [6, 6.07) is 0. The molecule has 23 heavy (non-hydrogen) atoms. The second kappa shape index (κ2) is 7.77. The number of nitrogens with one attached hydrogen (secondary N) is 1. The molecule has 1 aliphatic carbocycles. The van der Waals surface area contributed by atoms with Gasteiger partial charge in [0.1, 0.15) is 0 Å². The quantitative estimate of drug-likeness (QED) is 0.399. The molecule has 1 heterocycles. The summed E-state index contributed by atoms with van der Waals surface area (Å²) in [6.07, 6.45) is 7.09. The summed E-state index contributed by atoms with van der Waals surface area (Å²) in [5.41, 5.74) is 0. The van der Waals surface area contributed by atoms with Crippen molar-refractivity contribution in [2.24, 2.45) is 11.8 Å². The number of carbonyl (C=O) groups excluding carboxylic acids is 3. The number of alkyl halides is 1. The number of hydrogen-bond donors (Lipinski definition) is 1. The lowest BCUT2D eigenvalue weighted by molar-refractivity contribution is -0.138. The van der Waals surface area contributed by atoms with Crippen molar-refractivity contribution in [1.29, 1.82) is 0 Å². The van der Waals surface area contributed by atoms with Gasteiger partial charge in [-0.3, -0.25) is 19.3 Å². The van der Waals surface area contributed by atoms with Crippen LogP contribution in [0.25, 0.3) is 0 Å². The molecular formula is C17H25IN2O3. The average molecular weight is 432 g/mol. The minimum atomic E-state index is -0.212. The van der Waals surface area contributed by atoms with E-state index < -0.39 is 0 Å². The van der Waals surface area contributed by atoms with Gasteiger partial charge in [0, 0.05) is 34.6 Å². The molecule has 1 saturated carbocycles. The highest BCUT2D eigenvalue weighted by molar-refractivity contribution is 14.1. The highest BCUT2D eigenvalue weighted by Gasteiger charge is 2.31. The van der Waals surface area contributed by atoms with Crippen molar-refractivity contribution < 1.29 is 14.4 Å². The van der Waals surface area contributed by atoms with Crippen molar-refractivity contribution in [2.45, 2.75) is 49.4 Å². The monoisotopic (exact) mass is 432 g/mol. The summed E-state index contributed by atoms with van der Waals surface area (Å²) >= 11 is 2.39. The predicted molar refractivity (Wildman–Crippen MR) is 97.0 cm³/mol. The summed E-state index contributed by atoms with van der Waals surface area (Å²) in [5.74, 6) is 0.124. The van der Waals surface area contributed by atoms with Crippen molar-refractivity contribution in [2.75, 3.05) is 13.1 Å². The molecule has 5 nitrogen and oxygen atoms in total. The number of hydrogen-bond acceptors (Lipinski definition) is 3. The van der Waals surface area contributed by atoms with Gasteiger partial charge in [0.05, 0.1) is 0 Å². The fourth-order valence-electron chi connectivity index (χ4n) is 3.10. The van der Waals surface area contributed by atoms with E-state index in [2.05, 4.69) is 41.8 Å². The van der Waals surface area contributed by atoms with Gasteiger partial charge in [0.15, 0.2) is 0 Å². The van der Waals surface area contributed by atoms with Crippen molar-refractivity contribution in [1.82, 2.24) is 10.2 Å².